The molecule has 0 spiro atoms. The molecule has 19 heavy (non-hydrogen) atoms. The molecule has 2 aromatic carbocycles. The Bertz CT molecular complexity index is 608. The van der Waals surface area contributed by atoms with E-state index in [-0.39, 0.29) is 5.78 Å². The van der Waals surface area contributed by atoms with E-state index in [9.17, 15) is 4.79 Å². The third-order valence-electron chi connectivity index (χ3n) is 2.82. The van der Waals surface area contributed by atoms with E-state index in [1.165, 1.54) is 14.2 Å². The van der Waals surface area contributed by atoms with Crippen LogP contribution >= 0.6 is 0 Å². The van der Waals surface area contributed by atoms with Crippen molar-refractivity contribution in [2.45, 2.75) is 0 Å². The summed E-state index contributed by atoms with van der Waals surface area (Å²) in [6.45, 7) is 0. The van der Waals surface area contributed by atoms with Gasteiger partial charge in [0.2, 0.25) is 5.78 Å². The van der Waals surface area contributed by atoms with Gasteiger partial charge in [0.1, 0.15) is 11.5 Å². The lowest BCUT2D eigenvalue weighted by atomic mass is 10.0. The Labute approximate surface area is 111 Å². The molecule has 0 saturated heterocycles. The summed E-state index contributed by atoms with van der Waals surface area (Å²) in [5, 5.41) is 0. The van der Waals surface area contributed by atoms with Gasteiger partial charge in [0.15, 0.2) is 0 Å². The Morgan fingerprint density at radius 1 is 0.947 bits per heavy atom. The molecule has 2 aromatic rings. The van der Waals surface area contributed by atoms with Crippen LogP contribution in [0, 0.1) is 0 Å². The zero-order valence-corrected chi connectivity index (χ0v) is 10.8. The number of para-hydroxylation sites is 1. The molecule has 0 bridgehead atoms. The van der Waals surface area contributed by atoms with Crippen LogP contribution in [0.4, 0.5) is 5.69 Å². The molecule has 0 aromatic heterocycles. The van der Waals surface area contributed by atoms with Crippen LogP contribution in [0.15, 0.2) is 42.5 Å². The lowest BCUT2D eigenvalue weighted by Crippen LogP contribution is -2.06. The van der Waals surface area contributed by atoms with Gasteiger partial charge in [0.05, 0.1) is 25.3 Å². The second-order valence-electron chi connectivity index (χ2n) is 3.99. The molecule has 0 amide bonds. The highest BCUT2D eigenvalue weighted by Gasteiger charge is 2.18. The third-order valence-corrected chi connectivity index (χ3v) is 2.82. The van der Waals surface area contributed by atoms with E-state index in [1.54, 1.807) is 36.4 Å². The summed E-state index contributed by atoms with van der Waals surface area (Å²) >= 11 is 0. The first-order valence-electron chi connectivity index (χ1n) is 5.78. The highest BCUT2D eigenvalue weighted by molar-refractivity contribution is 6.12. The lowest BCUT2D eigenvalue weighted by Gasteiger charge is -2.11. The van der Waals surface area contributed by atoms with Gasteiger partial charge in [-0.15, -0.1) is 0 Å². The number of carbonyl (C=O) groups excluding carboxylic acids is 1. The fourth-order valence-electron chi connectivity index (χ4n) is 1.88. The Hall–Kier alpha value is -2.49. The average molecular weight is 257 g/mol. The van der Waals surface area contributed by atoms with Crippen molar-refractivity contribution in [3.8, 4) is 11.5 Å². The number of ketones is 1. The minimum atomic E-state index is -0.179. The summed E-state index contributed by atoms with van der Waals surface area (Å²) in [5.41, 5.74) is 7.15. The van der Waals surface area contributed by atoms with Crippen molar-refractivity contribution in [2.75, 3.05) is 20.0 Å². The molecule has 0 saturated carbocycles. The first-order chi connectivity index (χ1) is 9.17. The smallest absolute Gasteiger partial charge is 0.200 e. The second-order valence-corrected chi connectivity index (χ2v) is 3.99. The first-order valence-corrected chi connectivity index (χ1v) is 5.78. The summed E-state index contributed by atoms with van der Waals surface area (Å²) < 4.78 is 10.4. The van der Waals surface area contributed by atoms with Crippen molar-refractivity contribution in [1.82, 2.24) is 0 Å². The third kappa shape index (κ3) is 2.52. The number of nitrogen functional groups attached to an aromatic ring is 1. The van der Waals surface area contributed by atoms with Gasteiger partial charge in [-0.3, -0.25) is 4.79 Å². The maximum atomic E-state index is 12.5. The van der Waals surface area contributed by atoms with Gasteiger partial charge in [0, 0.05) is 5.69 Å². The Balaban J connectivity index is 2.52. The fraction of sp³-hybridized carbons (Fsp3) is 0.133. The minimum Gasteiger partial charge on any atom is -0.496 e. The number of rotatable bonds is 4. The molecule has 0 radical (unpaired) electrons. The van der Waals surface area contributed by atoms with Gasteiger partial charge in [-0.25, -0.2) is 0 Å². The van der Waals surface area contributed by atoms with E-state index in [1.807, 2.05) is 6.07 Å². The molecule has 0 heterocycles. The number of ether oxygens (including phenoxy) is 2. The SMILES string of the molecule is COc1ccccc1C(=O)c1cc(N)ccc1OC. The summed E-state index contributed by atoms with van der Waals surface area (Å²) in [6, 6.07) is 12.0. The number of anilines is 1. The van der Waals surface area contributed by atoms with Gasteiger partial charge < -0.3 is 15.2 Å². The normalized spacial score (nSPS) is 10.0. The molecule has 0 aliphatic carbocycles. The molecule has 4 heteroatoms. The standard InChI is InChI=1S/C15H15NO3/c1-18-13-6-4-3-5-11(13)15(17)12-9-10(16)7-8-14(12)19-2/h3-9H,16H2,1-2H3. The number of carbonyl (C=O) groups is 1. The molecule has 98 valence electrons. The first kappa shape index (κ1) is 13.0. The van der Waals surface area contributed by atoms with Crippen molar-refractivity contribution in [2.24, 2.45) is 0 Å². The van der Waals surface area contributed by atoms with Crippen LogP contribution in [-0.2, 0) is 0 Å². The molecule has 0 aliphatic rings. The predicted octanol–water partition coefficient (Wildman–Crippen LogP) is 2.52. The Morgan fingerprint density at radius 2 is 1.58 bits per heavy atom. The zero-order chi connectivity index (χ0) is 13.8. The number of nitrogens with two attached hydrogens (primary N) is 1. The van der Waals surface area contributed by atoms with Crippen LogP contribution in [0.25, 0.3) is 0 Å². The quantitative estimate of drug-likeness (QED) is 0.675. The highest BCUT2D eigenvalue weighted by atomic mass is 16.5. The lowest BCUT2D eigenvalue weighted by molar-refractivity contribution is 0.103. The maximum absolute atomic E-state index is 12.5. The second kappa shape index (κ2) is 5.44. The summed E-state index contributed by atoms with van der Waals surface area (Å²) in [4.78, 5) is 12.5. The molecule has 0 unspecified atom stereocenters. The monoisotopic (exact) mass is 257 g/mol. The van der Waals surface area contributed by atoms with E-state index in [2.05, 4.69) is 0 Å². The topological polar surface area (TPSA) is 61.5 Å². The van der Waals surface area contributed by atoms with Gasteiger partial charge in [-0.1, -0.05) is 12.1 Å². The van der Waals surface area contributed by atoms with E-state index in [0.717, 1.165) is 0 Å². The van der Waals surface area contributed by atoms with Crippen LogP contribution in [-0.4, -0.2) is 20.0 Å². The van der Waals surface area contributed by atoms with E-state index in [0.29, 0.717) is 28.3 Å². The number of benzene rings is 2. The van der Waals surface area contributed by atoms with Gasteiger partial charge >= 0.3 is 0 Å². The van der Waals surface area contributed by atoms with Crippen molar-refractivity contribution < 1.29 is 14.3 Å². The Kier molecular flexibility index (Phi) is 3.71. The van der Waals surface area contributed by atoms with Gasteiger partial charge in [-0.2, -0.15) is 0 Å². The Morgan fingerprint density at radius 3 is 2.26 bits per heavy atom. The zero-order valence-electron chi connectivity index (χ0n) is 10.8. The van der Waals surface area contributed by atoms with E-state index >= 15 is 0 Å². The number of hydrogen-bond donors (Lipinski definition) is 1. The average Bonchev–Trinajstić information content (AvgIpc) is 2.46. The van der Waals surface area contributed by atoms with Crippen molar-refractivity contribution >= 4 is 11.5 Å². The molecule has 0 fully saturated rings. The van der Waals surface area contributed by atoms with Crippen LogP contribution in [0.2, 0.25) is 0 Å². The van der Waals surface area contributed by atoms with Crippen LogP contribution in [0.1, 0.15) is 15.9 Å². The molecule has 0 atom stereocenters. The van der Waals surface area contributed by atoms with Gasteiger partial charge in [0.25, 0.3) is 0 Å². The minimum absolute atomic E-state index is 0.179. The molecule has 2 N–H and O–H groups in total. The summed E-state index contributed by atoms with van der Waals surface area (Å²) in [6.07, 6.45) is 0. The molecule has 0 aliphatic heterocycles. The van der Waals surface area contributed by atoms with Crippen molar-refractivity contribution in [1.29, 1.82) is 0 Å². The fourth-order valence-corrected chi connectivity index (χ4v) is 1.88. The predicted molar refractivity (Wildman–Crippen MR) is 73.8 cm³/mol. The number of hydrogen-bond acceptors (Lipinski definition) is 4. The van der Waals surface area contributed by atoms with E-state index < -0.39 is 0 Å². The number of methoxy groups -OCH3 is 2. The largest absolute Gasteiger partial charge is 0.496 e. The van der Waals surface area contributed by atoms with Crippen LogP contribution in [0.5, 0.6) is 11.5 Å². The summed E-state index contributed by atoms with van der Waals surface area (Å²) in [5.74, 6) is 0.837. The van der Waals surface area contributed by atoms with Gasteiger partial charge in [-0.05, 0) is 30.3 Å². The highest BCUT2D eigenvalue weighted by Crippen LogP contribution is 2.27. The molecule has 2 rings (SSSR count). The molecule has 4 nitrogen and oxygen atoms in total. The van der Waals surface area contributed by atoms with Crippen molar-refractivity contribution in [3.63, 3.8) is 0 Å². The summed E-state index contributed by atoms with van der Waals surface area (Å²) in [7, 11) is 3.05. The molecular formula is C15H15NO3. The van der Waals surface area contributed by atoms with Crippen LogP contribution in [0.3, 0.4) is 0 Å². The van der Waals surface area contributed by atoms with Crippen molar-refractivity contribution in [3.05, 3.63) is 53.6 Å². The van der Waals surface area contributed by atoms with Crippen LogP contribution < -0.4 is 15.2 Å². The molecular weight excluding hydrogens is 242 g/mol. The maximum Gasteiger partial charge on any atom is 0.200 e. The van der Waals surface area contributed by atoms with E-state index in [4.69, 9.17) is 15.2 Å².